The largest absolute Gasteiger partial charge is 0.464 e. The maximum atomic E-state index is 12.2. The molecule has 2 rings (SSSR count). The first-order valence-corrected chi connectivity index (χ1v) is 6.83. The average Bonchev–Trinajstić information content (AvgIpc) is 2.44. The highest BCUT2D eigenvalue weighted by molar-refractivity contribution is 5.84. The van der Waals surface area contributed by atoms with E-state index in [4.69, 9.17) is 4.74 Å². The molecule has 0 aliphatic heterocycles. The summed E-state index contributed by atoms with van der Waals surface area (Å²) in [6, 6.07) is 8.52. The van der Waals surface area contributed by atoms with Gasteiger partial charge in [-0.3, -0.25) is 9.36 Å². The molecule has 1 aromatic heterocycles. The van der Waals surface area contributed by atoms with E-state index in [2.05, 4.69) is 0 Å². The molecule has 0 bridgehead atoms. The van der Waals surface area contributed by atoms with Crippen molar-refractivity contribution in [2.45, 2.75) is 33.2 Å². The quantitative estimate of drug-likeness (QED) is 0.805. The molecular formula is C16H19NO3. The summed E-state index contributed by atoms with van der Waals surface area (Å²) in [5, 5.41) is 0.974. The van der Waals surface area contributed by atoms with Crippen molar-refractivity contribution in [2.24, 2.45) is 0 Å². The predicted octanol–water partition coefficient (Wildman–Crippen LogP) is 2.82. The van der Waals surface area contributed by atoms with E-state index in [0.717, 1.165) is 22.9 Å². The Kier molecular flexibility index (Phi) is 4.23. The lowest BCUT2D eigenvalue weighted by molar-refractivity contribution is -0.147. The van der Waals surface area contributed by atoms with Crippen LogP contribution in [-0.2, 0) is 9.53 Å². The normalized spacial score (nSPS) is 12.3. The van der Waals surface area contributed by atoms with Crippen LogP contribution in [0.5, 0.6) is 0 Å². The van der Waals surface area contributed by atoms with E-state index >= 15 is 0 Å². The fourth-order valence-electron chi connectivity index (χ4n) is 2.30. The summed E-state index contributed by atoms with van der Waals surface area (Å²) in [5.41, 5.74) is 1.50. The van der Waals surface area contributed by atoms with E-state index < -0.39 is 6.04 Å². The Hall–Kier alpha value is -2.10. The van der Waals surface area contributed by atoms with Crippen molar-refractivity contribution >= 4 is 16.9 Å². The number of aromatic nitrogens is 1. The summed E-state index contributed by atoms with van der Waals surface area (Å²) in [6.45, 7) is 5.91. The zero-order valence-electron chi connectivity index (χ0n) is 12.1. The molecule has 1 atom stereocenters. The summed E-state index contributed by atoms with van der Waals surface area (Å²) in [6.07, 6.45) is 0.766. The number of hydrogen-bond donors (Lipinski definition) is 0. The van der Waals surface area contributed by atoms with Gasteiger partial charge in [-0.05, 0) is 31.9 Å². The maximum absolute atomic E-state index is 12.2. The third-order valence-corrected chi connectivity index (χ3v) is 3.34. The van der Waals surface area contributed by atoms with Crippen LogP contribution in [0.3, 0.4) is 0 Å². The topological polar surface area (TPSA) is 48.3 Å². The Balaban J connectivity index is 2.54. The molecule has 0 spiro atoms. The number of pyridine rings is 1. The third kappa shape index (κ3) is 2.59. The van der Waals surface area contributed by atoms with Crippen molar-refractivity contribution in [2.75, 3.05) is 6.61 Å². The number of ether oxygens (including phenoxy) is 1. The van der Waals surface area contributed by atoms with Gasteiger partial charge in [0.25, 0.3) is 5.56 Å². The first-order chi connectivity index (χ1) is 9.56. The first-order valence-electron chi connectivity index (χ1n) is 6.83. The highest BCUT2D eigenvalue weighted by atomic mass is 16.5. The monoisotopic (exact) mass is 273 g/mol. The Morgan fingerprint density at radius 1 is 1.35 bits per heavy atom. The average molecular weight is 273 g/mol. The molecule has 0 aliphatic carbocycles. The van der Waals surface area contributed by atoms with Crippen LogP contribution in [0.25, 0.3) is 10.9 Å². The first kappa shape index (κ1) is 14.3. The summed E-state index contributed by atoms with van der Waals surface area (Å²) in [7, 11) is 0. The van der Waals surface area contributed by atoms with Gasteiger partial charge in [0.2, 0.25) is 0 Å². The molecule has 4 nitrogen and oxygen atoms in total. The number of para-hydroxylation sites is 1. The van der Waals surface area contributed by atoms with Crippen LogP contribution in [0.2, 0.25) is 0 Å². The lowest BCUT2D eigenvalue weighted by Gasteiger charge is -2.17. The fourth-order valence-corrected chi connectivity index (χ4v) is 2.30. The van der Waals surface area contributed by atoms with Gasteiger partial charge in [0.05, 0.1) is 12.1 Å². The van der Waals surface area contributed by atoms with Gasteiger partial charge >= 0.3 is 5.97 Å². The number of esters is 1. The molecule has 0 saturated carbocycles. The number of carbonyl (C=O) groups excluding carboxylic acids is 1. The van der Waals surface area contributed by atoms with Gasteiger partial charge in [-0.1, -0.05) is 25.1 Å². The van der Waals surface area contributed by atoms with Crippen LogP contribution in [0.1, 0.15) is 31.9 Å². The Bertz CT molecular complexity index is 688. The molecule has 0 N–H and O–H groups in total. The molecule has 4 heteroatoms. The van der Waals surface area contributed by atoms with Gasteiger partial charge in [-0.15, -0.1) is 0 Å². The van der Waals surface area contributed by atoms with Gasteiger partial charge in [0.15, 0.2) is 0 Å². The number of benzene rings is 1. The van der Waals surface area contributed by atoms with Crippen LogP contribution in [0.4, 0.5) is 0 Å². The summed E-state index contributed by atoms with van der Waals surface area (Å²) < 4.78 is 6.64. The molecule has 0 saturated heterocycles. The molecule has 106 valence electrons. The second kappa shape index (κ2) is 5.90. The third-order valence-electron chi connectivity index (χ3n) is 3.34. The molecule has 0 fully saturated rings. The zero-order chi connectivity index (χ0) is 14.7. The Labute approximate surface area is 118 Å². The molecule has 0 aliphatic rings. The van der Waals surface area contributed by atoms with Crippen LogP contribution in [0.15, 0.2) is 35.1 Å². The zero-order valence-corrected chi connectivity index (χ0v) is 12.1. The number of nitrogens with zero attached hydrogens (tertiary/aromatic N) is 1. The summed E-state index contributed by atoms with van der Waals surface area (Å²) in [4.78, 5) is 24.2. The Morgan fingerprint density at radius 2 is 2.05 bits per heavy atom. The van der Waals surface area contributed by atoms with Crippen LogP contribution >= 0.6 is 0 Å². The smallest absolute Gasteiger partial charge is 0.328 e. The van der Waals surface area contributed by atoms with Gasteiger partial charge in [-0.2, -0.15) is 0 Å². The number of rotatable bonds is 4. The second-order valence-electron chi connectivity index (χ2n) is 4.90. The maximum Gasteiger partial charge on any atom is 0.328 e. The number of aryl methyl sites for hydroxylation is 1. The molecule has 2 aromatic rings. The van der Waals surface area contributed by atoms with Crippen molar-refractivity contribution in [1.82, 2.24) is 4.57 Å². The SMILES string of the molecule is CCCOC(=O)C(C)n1c(=O)cc(C)c2ccccc21. The summed E-state index contributed by atoms with van der Waals surface area (Å²) >= 11 is 0. The van der Waals surface area contributed by atoms with Crippen molar-refractivity contribution in [1.29, 1.82) is 0 Å². The van der Waals surface area contributed by atoms with Crippen LogP contribution < -0.4 is 5.56 Å². The molecule has 0 radical (unpaired) electrons. The molecule has 1 aromatic carbocycles. The van der Waals surface area contributed by atoms with Gasteiger partial charge in [-0.25, -0.2) is 4.79 Å². The molecule has 1 unspecified atom stereocenters. The van der Waals surface area contributed by atoms with Crippen LogP contribution in [-0.4, -0.2) is 17.1 Å². The van der Waals surface area contributed by atoms with E-state index in [9.17, 15) is 9.59 Å². The number of carbonyl (C=O) groups is 1. The summed E-state index contributed by atoms with van der Waals surface area (Å²) in [5.74, 6) is -0.372. The van der Waals surface area contributed by atoms with Crippen molar-refractivity contribution in [3.8, 4) is 0 Å². The Morgan fingerprint density at radius 3 is 2.75 bits per heavy atom. The molecule has 1 heterocycles. The predicted molar refractivity (Wildman–Crippen MR) is 78.9 cm³/mol. The standard InChI is InChI=1S/C16H19NO3/c1-4-9-20-16(19)12(3)17-14-8-6-5-7-13(14)11(2)10-15(17)18/h5-8,10,12H,4,9H2,1-3H3. The molecule has 0 amide bonds. The van der Waals surface area contributed by atoms with Crippen molar-refractivity contribution in [3.63, 3.8) is 0 Å². The fraction of sp³-hybridized carbons (Fsp3) is 0.375. The molecular weight excluding hydrogens is 254 g/mol. The van der Waals surface area contributed by atoms with Gasteiger partial charge in [0, 0.05) is 11.5 Å². The van der Waals surface area contributed by atoms with Crippen LogP contribution in [0, 0.1) is 6.92 Å². The minimum Gasteiger partial charge on any atom is -0.464 e. The number of hydrogen-bond acceptors (Lipinski definition) is 3. The van der Waals surface area contributed by atoms with Gasteiger partial charge < -0.3 is 4.74 Å². The van der Waals surface area contributed by atoms with E-state index in [1.807, 2.05) is 38.1 Å². The van der Waals surface area contributed by atoms with Crippen molar-refractivity contribution in [3.05, 3.63) is 46.2 Å². The number of fused-ring (bicyclic) bond motifs is 1. The second-order valence-corrected chi connectivity index (χ2v) is 4.90. The molecule has 20 heavy (non-hydrogen) atoms. The van der Waals surface area contributed by atoms with Gasteiger partial charge in [0.1, 0.15) is 6.04 Å². The lowest BCUT2D eigenvalue weighted by Crippen LogP contribution is -2.29. The highest BCUT2D eigenvalue weighted by Gasteiger charge is 2.20. The minimum atomic E-state index is -0.625. The van der Waals surface area contributed by atoms with E-state index in [-0.39, 0.29) is 11.5 Å². The highest BCUT2D eigenvalue weighted by Crippen LogP contribution is 2.19. The van der Waals surface area contributed by atoms with E-state index in [1.54, 1.807) is 13.0 Å². The van der Waals surface area contributed by atoms with E-state index in [1.165, 1.54) is 4.57 Å². The van der Waals surface area contributed by atoms with E-state index in [0.29, 0.717) is 6.61 Å². The minimum absolute atomic E-state index is 0.179. The van der Waals surface area contributed by atoms with Crippen molar-refractivity contribution < 1.29 is 9.53 Å². The lowest BCUT2D eigenvalue weighted by atomic mass is 10.1.